The van der Waals surface area contributed by atoms with Gasteiger partial charge in [-0.25, -0.2) is 0 Å². The van der Waals surface area contributed by atoms with Crippen LogP contribution in [0, 0.1) is 16.7 Å². The summed E-state index contributed by atoms with van der Waals surface area (Å²) in [6, 6.07) is 0. The van der Waals surface area contributed by atoms with Crippen molar-refractivity contribution in [2.45, 2.75) is 39.0 Å². The van der Waals surface area contributed by atoms with Gasteiger partial charge in [-0.05, 0) is 42.4 Å². The van der Waals surface area contributed by atoms with Crippen LogP contribution in [0.2, 0.25) is 0 Å². The molecule has 2 spiro atoms. The van der Waals surface area contributed by atoms with Crippen molar-refractivity contribution in [2.75, 3.05) is 0 Å². The van der Waals surface area contributed by atoms with E-state index < -0.39 is 0 Å². The van der Waals surface area contributed by atoms with Crippen LogP contribution in [0.4, 0.5) is 0 Å². The van der Waals surface area contributed by atoms with E-state index in [0.29, 0.717) is 0 Å². The highest BCUT2D eigenvalue weighted by molar-refractivity contribution is 5.32. The van der Waals surface area contributed by atoms with Crippen molar-refractivity contribution in [3.63, 3.8) is 0 Å². The molecule has 0 aromatic heterocycles. The monoisotopic (exact) mass is 122 g/mol. The molecule has 0 heterocycles. The van der Waals surface area contributed by atoms with Gasteiger partial charge in [-0.1, -0.05) is 13.3 Å². The molecule has 0 N–H and O–H groups in total. The average Bonchev–Trinajstić information content (AvgIpc) is 2.69. The molecular weight excluding hydrogens is 108 g/mol. The predicted octanol–water partition coefficient (Wildman–Crippen LogP) is 2.59. The van der Waals surface area contributed by atoms with Crippen LogP contribution in [0.5, 0.6) is 0 Å². The minimum atomic E-state index is 0.974. The summed E-state index contributed by atoms with van der Waals surface area (Å²) in [5.74, 6) is 1.17. The van der Waals surface area contributed by atoms with E-state index >= 15 is 0 Å². The maximum Gasteiger partial charge on any atom is -0.0204 e. The Labute approximate surface area is 56.6 Å². The molecule has 3 aliphatic carbocycles. The molecule has 0 heteroatoms. The molecule has 0 aromatic rings. The number of hydrogen-bond donors (Lipinski definition) is 0. The lowest BCUT2D eigenvalue weighted by atomic mass is 10.2. The third-order valence-electron chi connectivity index (χ3n) is 4.16. The summed E-state index contributed by atoms with van der Waals surface area (Å²) in [5, 5.41) is 0. The Hall–Kier alpha value is 0. The smallest absolute Gasteiger partial charge is 0.0204 e. The number of fused-ring (bicyclic) bond motifs is 1. The van der Waals surface area contributed by atoms with Crippen LogP contribution in [-0.2, 0) is 0 Å². The average molecular weight is 122 g/mol. The lowest BCUT2D eigenvalue weighted by molar-refractivity contribution is 0.611. The van der Waals surface area contributed by atoms with Gasteiger partial charge in [-0.2, -0.15) is 0 Å². The maximum atomic E-state index is 2.35. The third-order valence-corrected chi connectivity index (χ3v) is 4.16. The standard InChI is InChI=1S/C9H14/c1-2-7-5-9(7)6-8(9)3-4-8/h7H,2-6H2,1H3. The zero-order valence-electron chi connectivity index (χ0n) is 6.11. The summed E-state index contributed by atoms with van der Waals surface area (Å²) in [6.45, 7) is 2.35. The second-order valence-electron chi connectivity index (χ2n) is 4.42. The van der Waals surface area contributed by atoms with E-state index in [1.807, 2.05) is 0 Å². The Morgan fingerprint density at radius 2 is 2.22 bits per heavy atom. The molecule has 0 saturated heterocycles. The summed E-state index contributed by atoms with van der Waals surface area (Å²) in [5.41, 5.74) is 1.95. The van der Waals surface area contributed by atoms with Gasteiger partial charge in [0.2, 0.25) is 0 Å². The molecule has 0 aromatic carbocycles. The summed E-state index contributed by atoms with van der Waals surface area (Å²) in [7, 11) is 0. The van der Waals surface area contributed by atoms with Gasteiger partial charge in [0.05, 0.1) is 0 Å². The Balaban J connectivity index is 1.83. The second-order valence-corrected chi connectivity index (χ2v) is 4.42. The molecular formula is C9H14. The Morgan fingerprint density at radius 3 is 2.56 bits per heavy atom. The second kappa shape index (κ2) is 0.980. The van der Waals surface area contributed by atoms with Crippen LogP contribution in [0.1, 0.15) is 39.0 Å². The van der Waals surface area contributed by atoms with Gasteiger partial charge in [0, 0.05) is 0 Å². The van der Waals surface area contributed by atoms with Crippen molar-refractivity contribution in [1.29, 1.82) is 0 Å². The van der Waals surface area contributed by atoms with E-state index in [0.717, 1.165) is 10.8 Å². The normalized spacial score (nSPS) is 56.3. The third kappa shape index (κ3) is 0.342. The highest BCUT2D eigenvalue weighted by Crippen LogP contribution is 2.91. The van der Waals surface area contributed by atoms with E-state index in [-0.39, 0.29) is 0 Å². The molecule has 3 saturated carbocycles. The van der Waals surface area contributed by atoms with E-state index in [1.54, 1.807) is 25.7 Å². The van der Waals surface area contributed by atoms with Gasteiger partial charge < -0.3 is 0 Å². The summed E-state index contributed by atoms with van der Waals surface area (Å²) >= 11 is 0. The predicted molar refractivity (Wildman–Crippen MR) is 37.1 cm³/mol. The van der Waals surface area contributed by atoms with Crippen LogP contribution in [0.15, 0.2) is 0 Å². The van der Waals surface area contributed by atoms with Crippen molar-refractivity contribution in [2.24, 2.45) is 16.7 Å². The minimum Gasteiger partial charge on any atom is -0.0651 e. The Kier molecular flexibility index (Phi) is 0.518. The first-order chi connectivity index (χ1) is 4.33. The maximum absolute atomic E-state index is 2.35. The van der Waals surface area contributed by atoms with E-state index in [4.69, 9.17) is 0 Å². The lowest BCUT2D eigenvalue weighted by Gasteiger charge is -1.87. The van der Waals surface area contributed by atoms with Gasteiger partial charge in [0.25, 0.3) is 0 Å². The SMILES string of the molecule is CCC1CC12CC21CC1. The molecule has 2 atom stereocenters. The van der Waals surface area contributed by atoms with Crippen LogP contribution in [0.3, 0.4) is 0 Å². The summed E-state index contributed by atoms with van der Waals surface area (Å²) in [4.78, 5) is 0. The Morgan fingerprint density at radius 1 is 1.44 bits per heavy atom. The van der Waals surface area contributed by atoms with Crippen molar-refractivity contribution in [3.8, 4) is 0 Å². The summed E-state index contributed by atoms with van der Waals surface area (Å²) < 4.78 is 0. The van der Waals surface area contributed by atoms with Crippen LogP contribution >= 0.6 is 0 Å². The molecule has 0 radical (unpaired) electrons. The molecule has 3 fully saturated rings. The molecule has 3 aliphatic rings. The molecule has 0 amide bonds. The van der Waals surface area contributed by atoms with Gasteiger partial charge in [0.15, 0.2) is 0 Å². The Bertz CT molecular complexity index is 167. The van der Waals surface area contributed by atoms with Crippen LogP contribution in [-0.4, -0.2) is 0 Å². The molecule has 9 heavy (non-hydrogen) atoms. The van der Waals surface area contributed by atoms with Crippen molar-refractivity contribution in [1.82, 2.24) is 0 Å². The van der Waals surface area contributed by atoms with Crippen LogP contribution < -0.4 is 0 Å². The van der Waals surface area contributed by atoms with E-state index in [9.17, 15) is 0 Å². The lowest BCUT2D eigenvalue weighted by Crippen LogP contribution is -1.81. The fourth-order valence-electron chi connectivity index (χ4n) is 3.17. The van der Waals surface area contributed by atoms with Crippen molar-refractivity contribution in [3.05, 3.63) is 0 Å². The van der Waals surface area contributed by atoms with Gasteiger partial charge >= 0.3 is 0 Å². The highest BCUT2D eigenvalue weighted by Gasteiger charge is 2.82. The van der Waals surface area contributed by atoms with E-state index in [1.165, 1.54) is 12.3 Å². The van der Waals surface area contributed by atoms with E-state index in [2.05, 4.69) is 6.92 Å². The first-order valence-corrected chi connectivity index (χ1v) is 4.33. The highest BCUT2D eigenvalue weighted by atomic mass is 14.9. The first-order valence-electron chi connectivity index (χ1n) is 4.33. The fraction of sp³-hybridized carbons (Fsp3) is 1.00. The molecule has 3 rings (SSSR count). The van der Waals surface area contributed by atoms with Crippen LogP contribution in [0.25, 0.3) is 0 Å². The van der Waals surface area contributed by atoms with Gasteiger partial charge in [0.1, 0.15) is 0 Å². The molecule has 0 nitrogen and oxygen atoms in total. The quantitative estimate of drug-likeness (QED) is 0.501. The fourth-order valence-corrected chi connectivity index (χ4v) is 3.17. The van der Waals surface area contributed by atoms with Gasteiger partial charge in [-0.15, -0.1) is 0 Å². The first kappa shape index (κ1) is 4.76. The number of rotatable bonds is 1. The zero-order valence-corrected chi connectivity index (χ0v) is 6.11. The topological polar surface area (TPSA) is 0 Å². The zero-order chi connectivity index (χ0) is 6.11. The molecule has 50 valence electrons. The largest absolute Gasteiger partial charge is 0.0651 e. The number of hydrogen-bond acceptors (Lipinski definition) is 0. The minimum absolute atomic E-state index is 0.974. The molecule has 2 unspecified atom stereocenters. The van der Waals surface area contributed by atoms with Gasteiger partial charge in [-0.3, -0.25) is 0 Å². The van der Waals surface area contributed by atoms with Crippen molar-refractivity contribution >= 4 is 0 Å². The summed E-state index contributed by atoms with van der Waals surface area (Å²) in [6.07, 6.45) is 7.86. The molecule has 0 bridgehead atoms. The molecule has 0 aliphatic heterocycles. The van der Waals surface area contributed by atoms with Crippen molar-refractivity contribution < 1.29 is 0 Å².